The first-order valence-electron chi connectivity index (χ1n) is 6.21. The normalized spacial score (nSPS) is 36.0. The highest BCUT2D eigenvalue weighted by molar-refractivity contribution is 5.66. The number of carbonyl (C=O) groups is 1. The number of hydrogen-bond acceptors (Lipinski definition) is 7. The van der Waals surface area contributed by atoms with Crippen LogP contribution in [0.25, 0.3) is 10.4 Å². The largest absolute Gasteiger partial charge is 0.457 e. The molecule has 0 aromatic rings. The zero-order valence-corrected chi connectivity index (χ0v) is 11.4. The molecule has 9 heteroatoms. The van der Waals surface area contributed by atoms with Gasteiger partial charge in [-0.2, -0.15) is 0 Å². The fraction of sp³-hybridized carbons (Fsp3) is 0.909. The Morgan fingerprint density at radius 2 is 2.25 bits per heavy atom. The Balaban J connectivity index is 2.21. The highest BCUT2D eigenvalue weighted by atomic mass is 16.8. The molecule has 0 radical (unpaired) electrons. The smallest absolute Gasteiger partial charge is 0.303 e. The zero-order valence-electron chi connectivity index (χ0n) is 11.4. The first kappa shape index (κ1) is 15.0. The van der Waals surface area contributed by atoms with Gasteiger partial charge in [-0.3, -0.25) is 4.79 Å². The fourth-order valence-electron chi connectivity index (χ4n) is 2.41. The Morgan fingerprint density at radius 1 is 1.55 bits per heavy atom. The number of esters is 1. The van der Waals surface area contributed by atoms with Crippen LogP contribution < -0.4 is 0 Å². The summed E-state index contributed by atoms with van der Waals surface area (Å²) in [7, 11) is 0. The molecule has 2 heterocycles. The van der Waals surface area contributed by atoms with E-state index in [2.05, 4.69) is 10.0 Å². The Labute approximate surface area is 115 Å². The van der Waals surface area contributed by atoms with Crippen LogP contribution in [0, 0.1) is 0 Å². The molecule has 9 nitrogen and oxygen atoms in total. The summed E-state index contributed by atoms with van der Waals surface area (Å²) in [6, 6.07) is -0.884. The van der Waals surface area contributed by atoms with E-state index in [4.69, 9.17) is 24.5 Å². The summed E-state index contributed by atoms with van der Waals surface area (Å²) in [6.45, 7) is 4.25. The minimum atomic E-state index is -0.884. The van der Waals surface area contributed by atoms with E-state index >= 15 is 0 Å². The average Bonchev–Trinajstić information content (AvgIpc) is 2.80. The molecule has 0 bridgehead atoms. The van der Waals surface area contributed by atoms with E-state index in [-0.39, 0.29) is 0 Å². The fourth-order valence-corrected chi connectivity index (χ4v) is 2.41. The van der Waals surface area contributed by atoms with Crippen LogP contribution in [0.5, 0.6) is 0 Å². The molecule has 1 N–H and O–H groups in total. The zero-order chi connectivity index (χ0) is 14.9. The van der Waals surface area contributed by atoms with Crippen LogP contribution >= 0.6 is 0 Å². The van der Waals surface area contributed by atoms with Gasteiger partial charge in [0.05, 0.1) is 12.6 Å². The molecule has 0 aromatic carbocycles. The number of hydrogen-bond donors (Lipinski definition) is 1. The van der Waals surface area contributed by atoms with E-state index < -0.39 is 49.0 Å². The first-order valence-corrected chi connectivity index (χ1v) is 6.21. The molecule has 0 aliphatic carbocycles. The van der Waals surface area contributed by atoms with Gasteiger partial charge in [0.1, 0.15) is 6.10 Å². The Kier molecular flexibility index (Phi) is 4.17. The molecule has 20 heavy (non-hydrogen) atoms. The Morgan fingerprint density at radius 3 is 2.80 bits per heavy atom. The number of fused-ring (bicyclic) bond motifs is 1. The predicted molar refractivity (Wildman–Crippen MR) is 64.3 cm³/mol. The van der Waals surface area contributed by atoms with Gasteiger partial charge in [-0.25, -0.2) is 0 Å². The maximum atomic E-state index is 11.2. The second-order valence-electron chi connectivity index (χ2n) is 5.10. The summed E-state index contributed by atoms with van der Waals surface area (Å²) in [4.78, 5) is 13.9. The van der Waals surface area contributed by atoms with Gasteiger partial charge in [0, 0.05) is 11.8 Å². The summed E-state index contributed by atoms with van der Waals surface area (Å²) in [6.07, 6.45) is -2.98. The number of rotatable bonds is 4. The average molecular weight is 287 g/mol. The Bertz CT molecular complexity index is 436. The molecule has 0 saturated carbocycles. The molecule has 0 amide bonds. The molecule has 112 valence electrons. The van der Waals surface area contributed by atoms with E-state index in [9.17, 15) is 9.90 Å². The van der Waals surface area contributed by atoms with Crippen LogP contribution in [0.3, 0.4) is 0 Å². The van der Waals surface area contributed by atoms with E-state index in [0.29, 0.717) is 0 Å². The second-order valence-corrected chi connectivity index (χ2v) is 5.10. The van der Waals surface area contributed by atoms with Crippen molar-refractivity contribution in [1.29, 1.82) is 0 Å². The SMILES string of the molecule is CC(=O)O[C@H]1[C@H]([C@H](CO)N=[N+]=[N-])O[C@@H]2OC(C)(C)O[C@@H]21. The third-order valence-corrected chi connectivity index (χ3v) is 3.10. The maximum absolute atomic E-state index is 11.2. The lowest BCUT2D eigenvalue weighted by molar-refractivity contribution is -0.221. The van der Waals surface area contributed by atoms with Gasteiger partial charge in [-0.1, -0.05) is 5.11 Å². The minimum Gasteiger partial charge on any atom is -0.457 e. The van der Waals surface area contributed by atoms with Gasteiger partial charge < -0.3 is 24.1 Å². The summed E-state index contributed by atoms with van der Waals surface area (Å²) in [5.74, 6) is -1.37. The molecule has 2 aliphatic rings. The van der Waals surface area contributed by atoms with Crippen molar-refractivity contribution < 1.29 is 28.8 Å². The van der Waals surface area contributed by atoms with Crippen molar-refractivity contribution in [3.8, 4) is 0 Å². The number of aliphatic hydroxyl groups is 1. The van der Waals surface area contributed by atoms with Gasteiger partial charge in [-0.05, 0) is 19.4 Å². The highest BCUT2D eigenvalue weighted by Gasteiger charge is 2.57. The van der Waals surface area contributed by atoms with Crippen molar-refractivity contribution >= 4 is 5.97 Å². The lowest BCUT2D eigenvalue weighted by Crippen LogP contribution is -2.44. The van der Waals surface area contributed by atoms with E-state index in [1.807, 2.05) is 0 Å². The maximum Gasteiger partial charge on any atom is 0.303 e. The Hall–Kier alpha value is -1.38. The number of carbonyl (C=O) groups excluding carboxylic acids is 1. The van der Waals surface area contributed by atoms with Crippen LogP contribution in [0.15, 0.2) is 5.11 Å². The molecule has 0 aromatic heterocycles. The standard InChI is InChI=1S/C11H17N3O6/c1-5(16)17-8-7(6(4-15)13-14-12)18-10-9(8)19-11(2,3)20-10/h6-10,15H,4H2,1-3H3/t6-,7-,8-,9+,10+/m0/s1. The lowest BCUT2D eigenvalue weighted by atomic mass is 10.0. The van der Waals surface area contributed by atoms with Gasteiger partial charge >= 0.3 is 5.97 Å². The summed E-state index contributed by atoms with van der Waals surface area (Å²) in [5.41, 5.74) is 8.50. The van der Waals surface area contributed by atoms with E-state index in [0.717, 1.165) is 0 Å². The van der Waals surface area contributed by atoms with Crippen molar-refractivity contribution in [1.82, 2.24) is 0 Å². The molecule has 2 saturated heterocycles. The van der Waals surface area contributed by atoms with E-state index in [1.54, 1.807) is 13.8 Å². The number of ether oxygens (including phenoxy) is 4. The van der Waals surface area contributed by atoms with Crippen LogP contribution in [0.2, 0.25) is 0 Å². The van der Waals surface area contributed by atoms with Crippen LogP contribution in [-0.4, -0.2) is 54.1 Å². The van der Waals surface area contributed by atoms with Crippen molar-refractivity contribution in [2.75, 3.05) is 6.61 Å². The summed E-state index contributed by atoms with van der Waals surface area (Å²) >= 11 is 0. The molecular formula is C11H17N3O6. The molecule has 2 aliphatic heterocycles. The summed E-state index contributed by atoms with van der Waals surface area (Å²) < 4.78 is 22.0. The molecule has 2 fully saturated rings. The predicted octanol–water partition coefficient (Wildman–Crippen LogP) is 0.466. The van der Waals surface area contributed by atoms with Gasteiger partial charge in [0.15, 0.2) is 24.3 Å². The number of aliphatic hydroxyl groups excluding tert-OH is 1. The van der Waals surface area contributed by atoms with Gasteiger partial charge in [0.2, 0.25) is 0 Å². The molecule has 0 spiro atoms. The van der Waals surface area contributed by atoms with Crippen LogP contribution in [0.1, 0.15) is 20.8 Å². The third-order valence-electron chi connectivity index (χ3n) is 3.10. The summed E-state index contributed by atoms with van der Waals surface area (Å²) in [5, 5.41) is 12.7. The van der Waals surface area contributed by atoms with Crippen LogP contribution in [0.4, 0.5) is 0 Å². The third kappa shape index (κ3) is 2.87. The van der Waals surface area contributed by atoms with Gasteiger partial charge in [0.25, 0.3) is 0 Å². The number of azide groups is 1. The highest BCUT2D eigenvalue weighted by Crippen LogP contribution is 2.40. The quantitative estimate of drug-likeness (QED) is 0.347. The molecule has 5 atom stereocenters. The van der Waals surface area contributed by atoms with Crippen molar-refractivity contribution in [2.45, 2.75) is 57.2 Å². The van der Waals surface area contributed by atoms with Crippen molar-refractivity contribution in [3.05, 3.63) is 10.4 Å². The topological polar surface area (TPSA) is 123 Å². The molecular weight excluding hydrogens is 270 g/mol. The minimum absolute atomic E-state index is 0.435. The van der Waals surface area contributed by atoms with Crippen LogP contribution in [-0.2, 0) is 23.7 Å². The monoisotopic (exact) mass is 287 g/mol. The van der Waals surface area contributed by atoms with E-state index in [1.165, 1.54) is 6.92 Å². The molecule has 0 unspecified atom stereocenters. The number of nitrogens with zero attached hydrogens (tertiary/aromatic N) is 3. The van der Waals surface area contributed by atoms with Crippen molar-refractivity contribution in [3.63, 3.8) is 0 Å². The first-order chi connectivity index (χ1) is 9.38. The van der Waals surface area contributed by atoms with Crippen molar-refractivity contribution in [2.24, 2.45) is 5.11 Å². The second kappa shape index (κ2) is 5.55. The lowest BCUT2D eigenvalue weighted by Gasteiger charge is -2.27. The molecule has 2 rings (SSSR count). The van der Waals surface area contributed by atoms with Gasteiger partial charge in [-0.15, -0.1) is 0 Å².